The number of morpholine rings is 1. The zero-order valence-corrected chi connectivity index (χ0v) is 21.2. The summed E-state index contributed by atoms with van der Waals surface area (Å²) < 4.78 is 50.8. The van der Waals surface area contributed by atoms with Crippen LogP contribution in [-0.4, -0.2) is 67.1 Å². The van der Waals surface area contributed by atoms with Crippen molar-refractivity contribution in [1.82, 2.24) is 19.3 Å². The predicted octanol–water partition coefficient (Wildman–Crippen LogP) is 4.04. The first-order valence-corrected chi connectivity index (χ1v) is 13.9. The van der Waals surface area contributed by atoms with Gasteiger partial charge in [-0.05, 0) is 42.6 Å². The van der Waals surface area contributed by atoms with Crippen LogP contribution < -0.4 is 9.62 Å². The van der Waals surface area contributed by atoms with Crippen molar-refractivity contribution >= 4 is 44.0 Å². The number of piperidine rings is 1. The van der Waals surface area contributed by atoms with Gasteiger partial charge in [-0.15, -0.1) is 0 Å². The van der Waals surface area contributed by atoms with Crippen molar-refractivity contribution in [3.63, 3.8) is 0 Å². The van der Waals surface area contributed by atoms with Crippen LogP contribution in [0.5, 0.6) is 0 Å². The number of benzene rings is 1. The Morgan fingerprint density at radius 2 is 1.83 bits per heavy atom. The van der Waals surface area contributed by atoms with Gasteiger partial charge in [0.1, 0.15) is 0 Å². The molecule has 0 spiro atoms. The van der Waals surface area contributed by atoms with Gasteiger partial charge in [0.15, 0.2) is 10.9 Å². The summed E-state index contributed by atoms with van der Waals surface area (Å²) in [6.45, 7) is 3.32. The summed E-state index contributed by atoms with van der Waals surface area (Å²) >= 11 is 7.40. The number of nitrogens with one attached hydrogen (secondary N) is 1. The maximum absolute atomic E-state index is 15.8. The van der Waals surface area contributed by atoms with Gasteiger partial charge < -0.3 is 9.64 Å². The molecule has 1 N–H and O–H groups in total. The molecule has 4 heterocycles. The van der Waals surface area contributed by atoms with E-state index in [4.69, 9.17) is 21.3 Å². The second-order valence-electron chi connectivity index (χ2n) is 8.22. The van der Waals surface area contributed by atoms with E-state index in [2.05, 4.69) is 19.6 Å². The highest BCUT2D eigenvalue weighted by Gasteiger charge is 2.27. The van der Waals surface area contributed by atoms with Gasteiger partial charge in [-0.1, -0.05) is 23.8 Å². The van der Waals surface area contributed by atoms with E-state index in [9.17, 15) is 8.42 Å². The molecule has 2 aliphatic rings. The van der Waals surface area contributed by atoms with Crippen LogP contribution in [0.2, 0.25) is 5.28 Å². The van der Waals surface area contributed by atoms with Crippen LogP contribution in [0.1, 0.15) is 19.3 Å². The van der Waals surface area contributed by atoms with Crippen molar-refractivity contribution in [2.24, 2.45) is 0 Å². The number of thiazole rings is 1. The minimum absolute atomic E-state index is 0.0679. The third-order valence-corrected chi connectivity index (χ3v) is 8.75. The fraction of sp³-hybridized carbons (Fsp3) is 0.409. The quantitative estimate of drug-likeness (QED) is 0.473. The standard InChI is InChI=1S/C22H24ClFN6O3S2/c23-21-25-8-7-17(26-21)20-19(27-22(34-20)29-11-13-33-14-12-29)15-5-4-6-16(18(15)24)28-35(31,32)30-9-2-1-3-10-30/h4-8,28H,1-3,9-14H2. The van der Waals surface area contributed by atoms with Gasteiger partial charge in [0, 0.05) is 37.9 Å². The largest absolute Gasteiger partial charge is 0.378 e. The molecule has 13 heteroatoms. The van der Waals surface area contributed by atoms with Crippen molar-refractivity contribution in [3.8, 4) is 21.8 Å². The minimum atomic E-state index is -3.87. The highest BCUT2D eigenvalue weighted by atomic mass is 35.5. The summed E-state index contributed by atoms with van der Waals surface area (Å²) in [6, 6.07) is 6.29. The average molecular weight is 539 g/mol. The lowest BCUT2D eigenvalue weighted by atomic mass is 10.1. The Hall–Kier alpha value is -2.38. The van der Waals surface area contributed by atoms with Crippen LogP contribution in [0.4, 0.5) is 15.2 Å². The maximum atomic E-state index is 15.8. The highest BCUT2D eigenvalue weighted by molar-refractivity contribution is 7.90. The van der Waals surface area contributed by atoms with E-state index in [1.807, 2.05) is 0 Å². The monoisotopic (exact) mass is 538 g/mol. The first kappa shape index (κ1) is 24.3. The van der Waals surface area contributed by atoms with Crippen molar-refractivity contribution < 1.29 is 17.5 Å². The van der Waals surface area contributed by atoms with Gasteiger partial charge in [-0.25, -0.2) is 19.3 Å². The van der Waals surface area contributed by atoms with Crippen molar-refractivity contribution in [1.29, 1.82) is 0 Å². The van der Waals surface area contributed by atoms with E-state index in [1.54, 1.807) is 18.2 Å². The number of rotatable bonds is 6. The number of anilines is 2. The third-order valence-electron chi connectivity index (χ3n) is 5.90. The molecular formula is C22H24ClFN6O3S2. The van der Waals surface area contributed by atoms with Crippen LogP contribution >= 0.6 is 22.9 Å². The Bertz CT molecular complexity index is 1310. The van der Waals surface area contributed by atoms with E-state index in [1.165, 1.54) is 27.9 Å². The van der Waals surface area contributed by atoms with Gasteiger partial charge in [0.25, 0.3) is 0 Å². The summed E-state index contributed by atoms with van der Waals surface area (Å²) in [6.07, 6.45) is 4.10. The smallest absolute Gasteiger partial charge is 0.301 e. The molecular weight excluding hydrogens is 515 g/mol. The molecule has 0 bridgehead atoms. The molecule has 186 valence electrons. The molecule has 0 atom stereocenters. The van der Waals surface area contributed by atoms with E-state index >= 15 is 4.39 Å². The number of nitrogens with zero attached hydrogens (tertiary/aromatic N) is 5. The normalized spacial score (nSPS) is 17.5. The number of ether oxygens (including phenoxy) is 1. The zero-order chi connectivity index (χ0) is 24.4. The van der Waals surface area contributed by atoms with Crippen molar-refractivity contribution in [2.75, 3.05) is 49.0 Å². The van der Waals surface area contributed by atoms with Crippen LogP contribution in [0.3, 0.4) is 0 Å². The molecule has 35 heavy (non-hydrogen) atoms. The number of hydrogen-bond donors (Lipinski definition) is 1. The second kappa shape index (κ2) is 10.3. The predicted molar refractivity (Wildman–Crippen MR) is 135 cm³/mol. The van der Waals surface area contributed by atoms with Crippen LogP contribution in [0.25, 0.3) is 21.8 Å². The Morgan fingerprint density at radius 3 is 2.57 bits per heavy atom. The van der Waals surface area contributed by atoms with Gasteiger partial charge in [0.2, 0.25) is 5.28 Å². The number of halogens is 2. The van der Waals surface area contributed by atoms with Gasteiger partial charge >= 0.3 is 10.2 Å². The highest BCUT2D eigenvalue weighted by Crippen LogP contribution is 2.42. The Kier molecular flexibility index (Phi) is 7.17. The summed E-state index contributed by atoms with van der Waals surface area (Å²) in [5.74, 6) is -0.701. The molecule has 2 saturated heterocycles. The van der Waals surface area contributed by atoms with E-state index in [0.717, 1.165) is 19.3 Å². The number of aromatic nitrogens is 3. The molecule has 3 aromatic rings. The summed E-state index contributed by atoms with van der Waals surface area (Å²) in [5.41, 5.74) is 0.920. The molecule has 0 aliphatic carbocycles. The van der Waals surface area contributed by atoms with Crippen LogP contribution in [0, 0.1) is 5.82 Å². The summed E-state index contributed by atoms with van der Waals surface area (Å²) in [4.78, 5) is 15.7. The lowest BCUT2D eigenvalue weighted by molar-refractivity contribution is 0.122. The number of hydrogen-bond acceptors (Lipinski definition) is 8. The molecule has 0 unspecified atom stereocenters. The Morgan fingerprint density at radius 1 is 1.06 bits per heavy atom. The van der Waals surface area contributed by atoms with Gasteiger partial charge in [-0.2, -0.15) is 12.7 Å². The first-order valence-electron chi connectivity index (χ1n) is 11.3. The van der Waals surface area contributed by atoms with Crippen molar-refractivity contribution in [2.45, 2.75) is 19.3 Å². The van der Waals surface area contributed by atoms with E-state index in [-0.39, 0.29) is 16.5 Å². The zero-order valence-electron chi connectivity index (χ0n) is 18.8. The SMILES string of the molecule is O=S(=O)(Nc1cccc(-c2nc(N3CCOCC3)sc2-c2ccnc(Cl)n2)c1F)N1CCCCC1. The first-order chi connectivity index (χ1) is 16.9. The molecule has 2 fully saturated rings. The fourth-order valence-electron chi connectivity index (χ4n) is 4.12. The van der Waals surface area contributed by atoms with E-state index < -0.39 is 16.0 Å². The summed E-state index contributed by atoms with van der Waals surface area (Å²) in [7, 11) is -3.87. The van der Waals surface area contributed by atoms with Gasteiger partial charge in [0.05, 0.1) is 35.2 Å². The van der Waals surface area contributed by atoms with E-state index in [0.29, 0.717) is 60.8 Å². The minimum Gasteiger partial charge on any atom is -0.378 e. The molecule has 0 amide bonds. The Balaban J connectivity index is 1.55. The Labute approximate surface area is 212 Å². The average Bonchev–Trinajstić information content (AvgIpc) is 3.32. The second-order valence-corrected chi connectivity index (χ2v) is 11.2. The van der Waals surface area contributed by atoms with Crippen molar-refractivity contribution in [3.05, 3.63) is 41.6 Å². The third kappa shape index (κ3) is 5.26. The van der Waals surface area contributed by atoms with Crippen LogP contribution in [0.15, 0.2) is 30.5 Å². The summed E-state index contributed by atoms with van der Waals surface area (Å²) in [5, 5.41) is 0.769. The lowest BCUT2D eigenvalue weighted by Crippen LogP contribution is -2.39. The molecule has 2 aromatic heterocycles. The molecule has 0 saturated carbocycles. The topological polar surface area (TPSA) is 101 Å². The molecule has 5 rings (SSSR count). The molecule has 0 radical (unpaired) electrons. The molecule has 1 aromatic carbocycles. The van der Waals surface area contributed by atoms with Gasteiger partial charge in [-0.3, -0.25) is 4.72 Å². The maximum Gasteiger partial charge on any atom is 0.301 e. The van der Waals surface area contributed by atoms with Crippen LogP contribution in [-0.2, 0) is 14.9 Å². The fourth-order valence-corrected chi connectivity index (χ4v) is 6.67. The molecule has 9 nitrogen and oxygen atoms in total. The lowest BCUT2D eigenvalue weighted by Gasteiger charge is -2.26. The molecule has 2 aliphatic heterocycles.